The van der Waals surface area contributed by atoms with Gasteiger partial charge < -0.3 is 5.11 Å². The van der Waals surface area contributed by atoms with Crippen LogP contribution in [0.1, 0.15) is 25.7 Å². The zero-order chi connectivity index (χ0) is 8.10. The summed E-state index contributed by atoms with van der Waals surface area (Å²) in [6.07, 6.45) is 3.17. The van der Waals surface area contributed by atoms with E-state index in [1.807, 2.05) is 0 Å². The fourth-order valence-corrected chi connectivity index (χ4v) is 1.36. The average Bonchev–Trinajstić information content (AvgIpc) is 1.96. The average molecular weight is 158 g/mol. The summed E-state index contributed by atoms with van der Waals surface area (Å²) in [5.74, 6) is 0. The minimum atomic E-state index is -0.163. The molecule has 1 fully saturated rings. The second-order valence-electron chi connectivity index (χ2n) is 2.97. The molecule has 0 amide bonds. The van der Waals surface area contributed by atoms with Gasteiger partial charge in [-0.3, -0.25) is 5.01 Å². The Balaban J connectivity index is 2.28. The Morgan fingerprint density at radius 3 is 2.27 bits per heavy atom. The van der Waals surface area contributed by atoms with Gasteiger partial charge in [0.05, 0.1) is 11.4 Å². The van der Waals surface area contributed by atoms with E-state index in [1.165, 1.54) is 5.01 Å². The van der Waals surface area contributed by atoms with Crippen molar-refractivity contribution in [1.29, 1.82) is 0 Å². The topological polar surface area (TPSA) is 52.9 Å². The molecule has 4 heteroatoms. The predicted octanol–water partition coefficient (Wildman–Crippen LogP) is 0.905. The van der Waals surface area contributed by atoms with Crippen molar-refractivity contribution in [3.8, 4) is 0 Å². The predicted molar refractivity (Wildman–Crippen MR) is 41.8 cm³/mol. The summed E-state index contributed by atoms with van der Waals surface area (Å²) in [5.41, 5.74) is 0. The lowest BCUT2D eigenvalue weighted by molar-refractivity contribution is 0.121. The Morgan fingerprint density at radius 1 is 1.27 bits per heavy atom. The van der Waals surface area contributed by atoms with Crippen molar-refractivity contribution in [3.63, 3.8) is 0 Å². The molecule has 1 saturated heterocycles. The maximum absolute atomic E-state index is 10.1. The molecule has 0 saturated carbocycles. The normalized spacial score (nSPS) is 22.5. The summed E-state index contributed by atoms with van der Waals surface area (Å²) in [5, 5.41) is 13.7. The molecule has 0 aliphatic carbocycles. The molecule has 0 bridgehead atoms. The molecule has 0 aromatic carbocycles. The van der Waals surface area contributed by atoms with Crippen LogP contribution in [0.2, 0.25) is 0 Å². The van der Waals surface area contributed by atoms with E-state index in [2.05, 4.69) is 5.29 Å². The fourth-order valence-electron chi connectivity index (χ4n) is 1.36. The summed E-state index contributed by atoms with van der Waals surface area (Å²) < 4.78 is 0. The standard InChI is InChI=1S/C7H14N2O2/c10-7-3-1-5-9(8-11)6-2-4-7/h7,10H,1-6H2. The Bertz CT molecular complexity index is 120. The number of aliphatic hydroxyl groups is 1. The Labute approximate surface area is 66.1 Å². The van der Waals surface area contributed by atoms with Gasteiger partial charge in [-0.2, -0.15) is 0 Å². The summed E-state index contributed by atoms with van der Waals surface area (Å²) in [7, 11) is 0. The molecule has 1 heterocycles. The molecule has 0 radical (unpaired) electrons. The molecule has 64 valence electrons. The molecule has 0 aromatic rings. The number of aliphatic hydroxyl groups excluding tert-OH is 1. The van der Waals surface area contributed by atoms with E-state index in [9.17, 15) is 10.0 Å². The molecule has 1 aliphatic rings. The SMILES string of the molecule is O=NN1CCCC(O)CCC1. The van der Waals surface area contributed by atoms with Gasteiger partial charge in [0.2, 0.25) is 0 Å². The van der Waals surface area contributed by atoms with Gasteiger partial charge in [0, 0.05) is 13.1 Å². The summed E-state index contributed by atoms with van der Waals surface area (Å²) in [4.78, 5) is 10.1. The summed E-state index contributed by atoms with van der Waals surface area (Å²) in [6.45, 7) is 1.39. The van der Waals surface area contributed by atoms with Crippen LogP contribution in [0.15, 0.2) is 5.29 Å². The van der Waals surface area contributed by atoms with Gasteiger partial charge in [-0.05, 0) is 25.7 Å². The number of nitroso groups, excluding NO2 is 1. The number of nitrogens with zero attached hydrogens (tertiary/aromatic N) is 2. The van der Waals surface area contributed by atoms with Gasteiger partial charge in [0.25, 0.3) is 0 Å². The molecular formula is C7H14N2O2. The van der Waals surface area contributed by atoms with Gasteiger partial charge in [0.15, 0.2) is 0 Å². The van der Waals surface area contributed by atoms with E-state index in [-0.39, 0.29) is 6.10 Å². The highest BCUT2D eigenvalue weighted by atomic mass is 16.3. The molecule has 11 heavy (non-hydrogen) atoms. The molecule has 1 rings (SSSR count). The monoisotopic (exact) mass is 158 g/mol. The highest BCUT2D eigenvalue weighted by molar-refractivity contribution is 4.64. The van der Waals surface area contributed by atoms with Gasteiger partial charge >= 0.3 is 0 Å². The van der Waals surface area contributed by atoms with E-state index in [1.54, 1.807) is 0 Å². The third-order valence-corrected chi connectivity index (χ3v) is 2.02. The molecule has 4 nitrogen and oxygen atoms in total. The van der Waals surface area contributed by atoms with Gasteiger partial charge in [-0.25, -0.2) is 0 Å². The first-order chi connectivity index (χ1) is 5.33. The van der Waals surface area contributed by atoms with Gasteiger partial charge in [0.1, 0.15) is 0 Å². The van der Waals surface area contributed by atoms with Crippen LogP contribution in [-0.2, 0) is 0 Å². The minimum Gasteiger partial charge on any atom is -0.393 e. The second kappa shape index (κ2) is 4.28. The number of rotatable bonds is 1. The second-order valence-corrected chi connectivity index (χ2v) is 2.97. The van der Waals surface area contributed by atoms with Gasteiger partial charge in [-0.15, -0.1) is 4.91 Å². The molecule has 0 spiro atoms. The van der Waals surface area contributed by atoms with E-state index in [0.29, 0.717) is 13.1 Å². The van der Waals surface area contributed by atoms with Crippen molar-refractivity contribution < 1.29 is 5.11 Å². The maximum atomic E-state index is 10.1. The van der Waals surface area contributed by atoms with Gasteiger partial charge in [-0.1, -0.05) is 0 Å². The Morgan fingerprint density at radius 2 is 1.82 bits per heavy atom. The number of hydrogen-bond acceptors (Lipinski definition) is 3. The smallest absolute Gasteiger partial charge is 0.0541 e. The first-order valence-corrected chi connectivity index (χ1v) is 4.09. The van der Waals surface area contributed by atoms with Crippen molar-refractivity contribution in [1.82, 2.24) is 5.01 Å². The van der Waals surface area contributed by atoms with Crippen LogP contribution in [0.5, 0.6) is 0 Å². The molecule has 0 unspecified atom stereocenters. The first kappa shape index (κ1) is 8.46. The number of hydrogen-bond donors (Lipinski definition) is 1. The highest BCUT2D eigenvalue weighted by Gasteiger charge is 2.11. The van der Waals surface area contributed by atoms with Crippen LogP contribution >= 0.6 is 0 Å². The largest absolute Gasteiger partial charge is 0.393 e. The summed E-state index contributed by atoms with van der Waals surface area (Å²) in [6, 6.07) is 0. The zero-order valence-electron chi connectivity index (χ0n) is 6.57. The van der Waals surface area contributed by atoms with Crippen LogP contribution in [0.4, 0.5) is 0 Å². The van der Waals surface area contributed by atoms with E-state index in [4.69, 9.17) is 0 Å². The quantitative estimate of drug-likeness (QED) is 0.577. The Kier molecular flexibility index (Phi) is 3.29. The third kappa shape index (κ3) is 2.84. The van der Waals surface area contributed by atoms with Crippen molar-refractivity contribution in [2.45, 2.75) is 31.8 Å². The molecule has 1 aliphatic heterocycles. The molecule has 0 aromatic heterocycles. The van der Waals surface area contributed by atoms with Crippen molar-refractivity contribution >= 4 is 0 Å². The molecule has 0 atom stereocenters. The van der Waals surface area contributed by atoms with Crippen molar-refractivity contribution in [2.24, 2.45) is 5.29 Å². The lowest BCUT2D eigenvalue weighted by Gasteiger charge is -2.20. The lowest BCUT2D eigenvalue weighted by Crippen LogP contribution is -2.24. The molecular weight excluding hydrogens is 144 g/mol. The van der Waals surface area contributed by atoms with Crippen LogP contribution in [0.3, 0.4) is 0 Å². The maximum Gasteiger partial charge on any atom is 0.0541 e. The summed E-state index contributed by atoms with van der Waals surface area (Å²) >= 11 is 0. The lowest BCUT2D eigenvalue weighted by atomic mass is 10.1. The zero-order valence-corrected chi connectivity index (χ0v) is 6.57. The molecule has 1 N–H and O–H groups in total. The van der Waals surface area contributed by atoms with Crippen LogP contribution in [-0.4, -0.2) is 29.3 Å². The van der Waals surface area contributed by atoms with E-state index >= 15 is 0 Å². The van der Waals surface area contributed by atoms with Crippen molar-refractivity contribution in [3.05, 3.63) is 4.91 Å². The third-order valence-electron chi connectivity index (χ3n) is 2.02. The van der Waals surface area contributed by atoms with Crippen LogP contribution < -0.4 is 0 Å². The Hall–Kier alpha value is -0.640. The van der Waals surface area contributed by atoms with E-state index < -0.39 is 0 Å². The van der Waals surface area contributed by atoms with Crippen LogP contribution in [0.25, 0.3) is 0 Å². The minimum absolute atomic E-state index is 0.163. The first-order valence-electron chi connectivity index (χ1n) is 4.09. The highest BCUT2D eigenvalue weighted by Crippen LogP contribution is 2.10. The van der Waals surface area contributed by atoms with E-state index in [0.717, 1.165) is 25.7 Å². The van der Waals surface area contributed by atoms with Crippen LogP contribution in [0, 0.1) is 4.91 Å². The fraction of sp³-hybridized carbons (Fsp3) is 1.00. The van der Waals surface area contributed by atoms with Crippen molar-refractivity contribution in [2.75, 3.05) is 13.1 Å².